The summed E-state index contributed by atoms with van der Waals surface area (Å²) in [6.07, 6.45) is 8.10. The molecule has 1 aromatic heterocycles. The lowest BCUT2D eigenvalue weighted by molar-refractivity contribution is -0.0573. The largest absolute Gasteiger partial charge is 0.367 e. The van der Waals surface area contributed by atoms with E-state index >= 15 is 0 Å². The standard InChI is InChI=1S/C16H27N3O/c1-4-16(5-2,20-6-3)15-18-11-12-13(17)9-7-8-10-14(12)19-15/h11,13H,4-10,17H2,1-3H3. The first-order valence-corrected chi connectivity index (χ1v) is 7.92. The molecule has 0 radical (unpaired) electrons. The number of fused-ring (bicyclic) bond motifs is 1. The highest BCUT2D eigenvalue weighted by Crippen LogP contribution is 2.33. The van der Waals surface area contributed by atoms with Gasteiger partial charge in [-0.15, -0.1) is 0 Å². The van der Waals surface area contributed by atoms with Crippen LogP contribution in [0.2, 0.25) is 0 Å². The SMILES string of the molecule is CCOC(CC)(CC)c1ncc2c(n1)CCCCC2N. The van der Waals surface area contributed by atoms with Crippen LogP contribution < -0.4 is 5.73 Å². The van der Waals surface area contributed by atoms with Crippen molar-refractivity contribution in [2.45, 2.75) is 70.9 Å². The van der Waals surface area contributed by atoms with Crippen LogP contribution in [0.25, 0.3) is 0 Å². The van der Waals surface area contributed by atoms with Crippen LogP contribution in [0.4, 0.5) is 0 Å². The van der Waals surface area contributed by atoms with Crippen LogP contribution in [0, 0.1) is 0 Å². The van der Waals surface area contributed by atoms with Crippen molar-refractivity contribution in [3.05, 3.63) is 23.3 Å². The topological polar surface area (TPSA) is 61.0 Å². The Morgan fingerprint density at radius 3 is 2.70 bits per heavy atom. The predicted octanol–water partition coefficient (Wildman–Crippen LogP) is 3.25. The summed E-state index contributed by atoms with van der Waals surface area (Å²) in [7, 11) is 0. The van der Waals surface area contributed by atoms with E-state index in [2.05, 4.69) is 18.8 Å². The van der Waals surface area contributed by atoms with Crippen molar-refractivity contribution in [3.63, 3.8) is 0 Å². The highest BCUT2D eigenvalue weighted by Gasteiger charge is 2.33. The summed E-state index contributed by atoms with van der Waals surface area (Å²) in [5, 5.41) is 0. The number of hydrogen-bond acceptors (Lipinski definition) is 4. The lowest BCUT2D eigenvalue weighted by atomic mass is 9.95. The molecule has 0 fully saturated rings. The van der Waals surface area contributed by atoms with Crippen LogP contribution in [0.1, 0.15) is 76.0 Å². The Balaban J connectivity index is 2.40. The van der Waals surface area contributed by atoms with Gasteiger partial charge in [-0.3, -0.25) is 0 Å². The van der Waals surface area contributed by atoms with Crippen LogP contribution in [-0.4, -0.2) is 16.6 Å². The van der Waals surface area contributed by atoms with Gasteiger partial charge < -0.3 is 10.5 Å². The fraction of sp³-hybridized carbons (Fsp3) is 0.750. The molecule has 20 heavy (non-hydrogen) atoms. The van der Waals surface area contributed by atoms with Gasteiger partial charge in [0.25, 0.3) is 0 Å². The van der Waals surface area contributed by atoms with Gasteiger partial charge in [0.1, 0.15) is 5.60 Å². The number of nitrogens with two attached hydrogens (primary N) is 1. The van der Waals surface area contributed by atoms with Crippen molar-refractivity contribution in [2.75, 3.05) is 6.61 Å². The molecule has 1 atom stereocenters. The first-order valence-electron chi connectivity index (χ1n) is 7.92. The van der Waals surface area contributed by atoms with Gasteiger partial charge in [-0.2, -0.15) is 0 Å². The number of ether oxygens (including phenoxy) is 1. The molecule has 0 aromatic carbocycles. The minimum atomic E-state index is -0.347. The average Bonchev–Trinajstić information content (AvgIpc) is 2.66. The first kappa shape index (κ1) is 15.4. The number of rotatable bonds is 5. The van der Waals surface area contributed by atoms with Gasteiger partial charge in [-0.25, -0.2) is 9.97 Å². The molecule has 0 bridgehead atoms. The molecule has 0 saturated carbocycles. The molecule has 1 aliphatic carbocycles. The lowest BCUT2D eigenvalue weighted by Gasteiger charge is -2.30. The predicted molar refractivity (Wildman–Crippen MR) is 80.4 cm³/mol. The summed E-state index contributed by atoms with van der Waals surface area (Å²) in [5.41, 5.74) is 8.13. The minimum Gasteiger partial charge on any atom is -0.367 e. The Bertz CT molecular complexity index is 443. The van der Waals surface area contributed by atoms with Crippen LogP contribution in [-0.2, 0) is 16.8 Å². The summed E-state index contributed by atoms with van der Waals surface area (Å²) in [6, 6.07) is 0.0892. The zero-order valence-electron chi connectivity index (χ0n) is 13.0. The second-order valence-electron chi connectivity index (χ2n) is 5.58. The Morgan fingerprint density at radius 2 is 2.05 bits per heavy atom. The molecule has 4 heteroatoms. The minimum absolute atomic E-state index is 0.0892. The quantitative estimate of drug-likeness (QED) is 0.839. The summed E-state index contributed by atoms with van der Waals surface area (Å²) >= 11 is 0. The van der Waals surface area contributed by atoms with E-state index in [0.29, 0.717) is 6.61 Å². The molecule has 2 N–H and O–H groups in total. The van der Waals surface area contributed by atoms with E-state index in [0.717, 1.165) is 49.2 Å². The van der Waals surface area contributed by atoms with Gasteiger partial charge in [0.2, 0.25) is 0 Å². The Labute approximate surface area is 122 Å². The Kier molecular flexibility index (Phi) is 5.11. The highest BCUT2D eigenvalue weighted by molar-refractivity contribution is 5.24. The molecule has 0 aliphatic heterocycles. The maximum atomic E-state index is 6.22. The monoisotopic (exact) mass is 277 g/mol. The zero-order chi connectivity index (χ0) is 14.6. The van der Waals surface area contributed by atoms with E-state index < -0.39 is 0 Å². The van der Waals surface area contributed by atoms with E-state index in [4.69, 9.17) is 15.5 Å². The van der Waals surface area contributed by atoms with Gasteiger partial charge in [0.05, 0.1) is 0 Å². The molecule has 0 spiro atoms. The van der Waals surface area contributed by atoms with Crippen molar-refractivity contribution in [1.82, 2.24) is 9.97 Å². The smallest absolute Gasteiger partial charge is 0.160 e. The van der Waals surface area contributed by atoms with Gasteiger partial charge in [-0.05, 0) is 39.0 Å². The first-order chi connectivity index (χ1) is 9.66. The third-order valence-electron chi connectivity index (χ3n) is 4.45. The van der Waals surface area contributed by atoms with Gasteiger partial charge >= 0.3 is 0 Å². The number of nitrogens with zero attached hydrogens (tertiary/aromatic N) is 2. The average molecular weight is 277 g/mol. The summed E-state index contributed by atoms with van der Waals surface area (Å²) in [5.74, 6) is 0.831. The van der Waals surface area contributed by atoms with Crippen molar-refractivity contribution in [2.24, 2.45) is 5.73 Å². The molecule has 1 heterocycles. The summed E-state index contributed by atoms with van der Waals surface area (Å²) in [6.45, 7) is 6.99. The molecule has 112 valence electrons. The maximum absolute atomic E-state index is 6.22. The van der Waals surface area contributed by atoms with Gasteiger partial charge in [0, 0.05) is 30.1 Å². The van der Waals surface area contributed by atoms with E-state index in [9.17, 15) is 0 Å². The maximum Gasteiger partial charge on any atom is 0.160 e. The second kappa shape index (κ2) is 6.64. The van der Waals surface area contributed by atoms with Crippen LogP contribution in [0.3, 0.4) is 0 Å². The normalized spacial score (nSPS) is 19.5. The van der Waals surface area contributed by atoms with Crippen molar-refractivity contribution in [1.29, 1.82) is 0 Å². The fourth-order valence-corrected chi connectivity index (χ4v) is 3.08. The molecule has 2 rings (SSSR count). The summed E-state index contributed by atoms with van der Waals surface area (Å²) in [4.78, 5) is 9.44. The van der Waals surface area contributed by atoms with Crippen molar-refractivity contribution >= 4 is 0 Å². The third kappa shape index (κ3) is 2.86. The van der Waals surface area contributed by atoms with E-state index in [-0.39, 0.29) is 11.6 Å². The van der Waals surface area contributed by atoms with Gasteiger partial charge in [-0.1, -0.05) is 20.3 Å². The Morgan fingerprint density at radius 1 is 1.30 bits per heavy atom. The number of aryl methyl sites for hydroxylation is 1. The molecular weight excluding hydrogens is 250 g/mol. The summed E-state index contributed by atoms with van der Waals surface area (Å²) < 4.78 is 6.01. The molecular formula is C16H27N3O. The molecule has 0 amide bonds. The second-order valence-corrected chi connectivity index (χ2v) is 5.58. The zero-order valence-corrected chi connectivity index (χ0v) is 13.0. The van der Waals surface area contributed by atoms with E-state index in [1.807, 2.05) is 13.1 Å². The highest BCUT2D eigenvalue weighted by atomic mass is 16.5. The van der Waals surface area contributed by atoms with Crippen LogP contribution in [0.5, 0.6) is 0 Å². The van der Waals surface area contributed by atoms with Crippen LogP contribution in [0.15, 0.2) is 6.20 Å². The molecule has 1 aromatic rings. The third-order valence-corrected chi connectivity index (χ3v) is 4.45. The van der Waals surface area contributed by atoms with Crippen LogP contribution >= 0.6 is 0 Å². The van der Waals surface area contributed by atoms with Gasteiger partial charge in [0.15, 0.2) is 5.82 Å². The van der Waals surface area contributed by atoms with E-state index in [1.54, 1.807) is 0 Å². The molecule has 1 aliphatic rings. The van der Waals surface area contributed by atoms with E-state index in [1.165, 1.54) is 6.42 Å². The Hall–Kier alpha value is -1.00. The van der Waals surface area contributed by atoms with Crippen molar-refractivity contribution in [3.8, 4) is 0 Å². The fourth-order valence-electron chi connectivity index (χ4n) is 3.08. The molecule has 1 unspecified atom stereocenters. The number of aromatic nitrogens is 2. The lowest BCUT2D eigenvalue weighted by Crippen LogP contribution is -2.31. The molecule has 0 saturated heterocycles. The van der Waals surface area contributed by atoms with Crippen molar-refractivity contribution < 1.29 is 4.74 Å². The molecule has 4 nitrogen and oxygen atoms in total. The number of hydrogen-bond donors (Lipinski definition) is 1.